The molecule has 0 fully saturated rings. The van der Waals surface area contributed by atoms with Crippen LogP contribution in [0.1, 0.15) is 35.6 Å². The third-order valence-electron chi connectivity index (χ3n) is 5.59. The summed E-state index contributed by atoms with van der Waals surface area (Å²) in [6, 6.07) is 1.97. The first-order valence-corrected chi connectivity index (χ1v) is 8.76. The van der Waals surface area contributed by atoms with E-state index in [9.17, 15) is 10.2 Å². The first kappa shape index (κ1) is 16.7. The van der Waals surface area contributed by atoms with E-state index in [0.29, 0.717) is 30.1 Å². The van der Waals surface area contributed by atoms with Crippen molar-refractivity contribution < 1.29 is 24.4 Å². The molecule has 2 bridgehead atoms. The number of rotatable bonds is 2. The van der Waals surface area contributed by atoms with Crippen molar-refractivity contribution in [3.8, 4) is 11.5 Å². The van der Waals surface area contributed by atoms with Crippen LogP contribution in [-0.2, 0) is 11.2 Å². The van der Waals surface area contributed by atoms with E-state index in [0.717, 1.165) is 24.1 Å². The Bertz CT molecular complexity index is 716. The number of methoxy groups -OCH3 is 2. The third-order valence-corrected chi connectivity index (χ3v) is 5.59. The molecule has 3 heterocycles. The molecule has 136 valence electrons. The molecule has 0 saturated heterocycles. The van der Waals surface area contributed by atoms with Crippen LogP contribution in [0.3, 0.4) is 0 Å². The fourth-order valence-corrected chi connectivity index (χ4v) is 4.38. The molecule has 0 saturated carbocycles. The zero-order chi connectivity index (χ0) is 17.7. The molecule has 3 aliphatic heterocycles. The van der Waals surface area contributed by atoms with Crippen molar-refractivity contribution in [1.29, 1.82) is 0 Å². The molecule has 0 unspecified atom stereocenters. The van der Waals surface area contributed by atoms with E-state index >= 15 is 0 Å². The van der Waals surface area contributed by atoms with Gasteiger partial charge in [0.15, 0.2) is 11.5 Å². The lowest BCUT2D eigenvalue weighted by atomic mass is 9.79. The van der Waals surface area contributed by atoms with Gasteiger partial charge in [-0.1, -0.05) is 0 Å². The Kier molecular flexibility index (Phi) is 4.14. The highest BCUT2D eigenvalue weighted by molar-refractivity contribution is 5.76. The van der Waals surface area contributed by atoms with E-state index in [1.807, 2.05) is 19.2 Å². The molecule has 0 spiro atoms. The van der Waals surface area contributed by atoms with Crippen molar-refractivity contribution in [2.45, 2.75) is 43.6 Å². The SMILES string of the molecule is COc1cc2c3c(c1OC)/C1=C/C[C@@H](O)C[C@@H](O)[C@@H](O1)[C@@H]3N(C)CC2. The van der Waals surface area contributed by atoms with Crippen LogP contribution in [0, 0.1) is 0 Å². The fourth-order valence-electron chi connectivity index (χ4n) is 4.38. The maximum atomic E-state index is 10.7. The Morgan fingerprint density at radius 3 is 2.76 bits per heavy atom. The summed E-state index contributed by atoms with van der Waals surface area (Å²) in [7, 11) is 5.31. The summed E-state index contributed by atoms with van der Waals surface area (Å²) in [5.41, 5.74) is 3.26. The molecule has 6 nitrogen and oxygen atoms in total. The Balaban J connectivity index is 2.00. The van der Waals surface area contributed by atoms with Crippen LogP contribution in [0.25, 0.3) is 5.76 Å². The predicted octanol–water partition coefficient (Wildman–Crippen LogP) is 1.49. The van der Waals surface area contributed by atoms with Gasteiger partial charge in [0.25, 0.3) is 0 Å². The number of benzene rings is 1. The van der Waals surface area contributed by atoms with Crippen LogP contribution < -0.4 is 9.47 Å². The van der Waals surface area contributed by atoms with Gasteiger partial charge in [0.1, 0.15) is 11.9 Å². The second-order valence-electron chi connectivity index (χ2n) is 7.08. The molecule has 1 aromatic carbocycles. The number of ether oxygens (including phenoxy) is 3. The highest BCUT2D eigenvalue weighted by atomic mass is 16.5. The Hall–Kier alpha value is -1.76. The van der Waals surface area contributed by atoms with Gasteiger partial charge in [0, 0.05) is 13.0 Å². The number of aliphatic hydroxyl groups excluding tert-OH is 2. The van der Waals surface area contributed by atoms with Gasteiger partial charge >= 0.3 is 0 Å². The lowest BCUT2D eigenvalue weighted by molar-refractivity contribution is -0.0634. The molecule has 0 radical (unpaired) electrons. The van der Waals surface area contributed by atoms with Crippen LogP contribution in [0.4, 0.5) is 0 Å². The Morgan fingerprint density at radius 1 is 1.24 bits per heavy atom. The lowest BCUT2D eigenvalue weighted by Crippen LogP contribution is -2.49. The molecule has 2 N–H and O–H groups in total. The molecule has 0 amide bonds. The third kappa shape index (κ3) is 2.51. The number of hydrogen-bond acceptors (Lipinski definition) is 6. The molecule has 1 aromatic rings. The lowest BCUT2D eigenvalue weighted by Gasteiger charge is -2.47. The zero-order valence-corrected chi connectivity index (χ0v) is 14.9. The van der Waals surface area contributed by atoms with E-state index < -0.39 is 18.3 Å². The summed E-state index contributed by atoms with van der Waals surface area (Å²) in [4.78, 5) is 2.22. The predicted molar refractivity (Wildman–Crippen MR) is 92.7 cm³/mol. The summed E-state index contributed by atoms with van der Waals surface area (Å²) in [6.07, 6.45) is 1.86. The summed E-state index contributed by atoms with van der Waals surface area (Å²) in [6.45, 7) is 0.876. The Labute approximate surface area is 147 Å². The normalized spacial score (nSPS) is 33.2. The quantitative estimate of drug-likeness (QED) is 0.845. The highest BCUT2D eigenvalue weighted by Gasteiger charge is 2.46. The first-order chi connectivity index (χ1) is 12.0. The summed E-state index contributed by atoms with van der Waals surface area (Å²) in [5.74, 6) is 2.00. The average molecular weight is 347 g/mol. The molecule has 6 heteroatoms. The zero-order valence-electron chi connectivity index (χ0n) is 14.9. The molecule has 25 heavy (non-hydrogen) atoms. The van der Waals surface area contributed by atoms with Crippen molar-refractivity contribution in [2.24, 2.45) is 0 Å². The summed E-state index contributed by atoms with van der Waals surface area (Å²) in [5, 5.41) is 20.9. The van der Waals surface area contributed by atoms with Crippen molar-refractivity contribution in [1.82, 2.24) is 4.90 Å². The van der Waals surface area contributed by atoms with Crippen LogP contribution in [0.15, 0.2) is 12.1 Å². The summed E-state index contributed by atoms with van der Waals surface area (Å²) < 4.78 is 17.5. The molecule has 0 aliphatic carbocycles. The number of likely N-dealkylation sites (N-methyl/N-ethyl adjacent to an activating group) is 1. The van der Waals surface area contributed by atoms with Crippen molar-refractivity contribution in [3.05, 3.63) is 28.8 Å². The minimum absolute atomic E-state index is 0.0731. The van der Waals surface area contributed by atoms with Gasteiger partial charge in [-0.3, -0.25) is 4.90 Å². The summed E-state index contributed by atoms with van der Waals surface area (Å²) >= 11 is 0. The standard InChI is InChI=1S/C19H25NO5/c1-20-7-6-10-8-14(23-2)19(24-3)16-13-5-4-11(21)9-12(22)18(25-13)17(20)15(10)16/h5,8,11-12,17-18,21-22H,4,6-7,9H2,1-3H3/b13-5-/t11-,12-,17-,18-/m1/s1. The van der Waals surface area contributed by atoms with E-state index in [4.69, 9.17) is 14.2 Å². The van der Waals surface area contributed by atoms with Crippen molar-refractivity contribution in [3.63, 3.8) is 0 Å². The van der Waals surface area contributed by atoms with Gasteiger partial charge < -0.3 is 24.4 Å². The first-order valence-electron chi connectivity index (χ1n) is 8.76. The van der Waals surface area contributed by atoms with Gasteiger partial charge in [-0.15, -0.1) is 0 Å². The molecule has 0 aromatic heterocycles. The van der Waals surface area contributed by atoms with Gasteiger partial charge in [-0.25, -0.2) is 0 Å². The van der Waals surface area contributed by atoms with Gasteiger partial charge in [-0.05, 0) is 43.2 Å². The van der Waals surface area contributed by atoms with Crippen LogP contribution in [0.2, 0.25) is 0 Å². The van der Waals surface area contributed by atoms with Crippen LogP contribution >= 0.6 is 0 Å². The maximum Gasteiger partial charge on any atom is 0.172 e. The van der Waals surface area contributed by atoms with Crippen molar-refractivity contribution >= 4 is 5.76 Å². The minimum Gasteiger partial charge on any atom is -0.493 e. The number of aliphatic hydroxyl groups is 2. The van der Waals surface area contributed by atoms with Gasteiger partial charge in [-0.2, -0.15) is 0 Å². The van der Waals surface area contributed by atoms with E-state index in [-0.39, 0.29) is 6.04 Å². The smallest absolute Gasteiger partial charge is 0.172 e. The van der Waals surface area contributed by atoms with Crippen LogP contribution in [-0.4, -0.2) is 61.2 Å². The van der Waals surface area contributed by atoms with E-state index in [1.165, 1.54) is 5.56 Å². The Morgan fingerprint density at radius 2 is 2.04 bits per heavy atom. The van der Waals surface area contributed by atoms with Gasteiger partial charge in [0.05, 0.1) is 38.0 Å². The monoisotopic (exact) mass is 347 g/mol. The number of nitrogens with zero attached hydrogens (tertiary/aromatic N) is 1. The minimum atomic E-state index is -0.724. The topological polar surface area (TPSA) is 71.4 Å². The second-order valence-corrected chi connectivity index (χ2v) is 7.08. The maximum absolute atomic E-state index is 10.7. The van der Waals surface area contributed by atoms with E-state index in [2.05, 4.69) is 4.90 Å². The van der Waals surface area contributed by atoms with Gasteiger partial charge in [0.2, 0.25) is 0 Å². The number of hydrogen-bond donors (Lipinski definition) is 2. The largest absolute Gasteiger partial charge is 0.493 e. The molecule has 4 rings (SSSR count). The fraction of sp³-hybridized carbons (Fsp3) is 0.579. The molecular weight excluding hydrogens is 322 g/mol. The average Bonchev–Trinajstić information content (AvgIpc) is 2.61. The highest BCUT2D eigenvalue weighted by Crippen LogP contribution is 2.51. The van der Waals surface area contributed by atoms with Crippen molar-refractivity contribution in [2.75, 3.05) is 27.8 Å². The number of fused-ring (bicyclic) bond motifs is 4. The van der Waals surface area contributed by atoms with E-state index in [1.54, 1.807) is 14.2 Å². The second kappa shape index (κ2) is 6.20. The molecule has 3 aliphatic rings. The van der Waals surface area contributed by atoms with Crippen LogP contribution in [0.5, 0.6) is 11.5 Å². The molecule has 4 atom stereocenters. The molecular formula is C19H25NO5.